The van der Waals surface area contributed by atoms with Gasteiger partial charge in [-0.15, -0.1) is 0 Å². The monoisotopic (exact) mass is 642 g/mol. The van der Waals surface area contributed by atoms with E-state index in [1.54, 1.807) is 32.0 Å². The number of likely N-dealkylation sites (N-methyl/N-ethyl adjacent to an activating group) is 1. The lowest BCUT2D eigenvalue weighted by Crippen LogP contribution is -2.56. The van der Waals surface area contributed by atoms with Crippen molar-refractivity contribution in [3.05, 3.63) is 41.0 Å². The standard InChI is InChI=1S/C32H47FN8O5/c1-7-24-28(38-46-37-24)30(43)35-27(21-10-8-19(2)9-11-21)29(42)34-25-13-12-22(18-23(25)33)20(3)26(36-32(45)39(4)5)31(44)41-16-14-40(6)15-17-41/h12-13,18-21,26-27H,7-11,14-17H2,1-6H3,(H,34,42)(H,35,43)(H,36,45)/t19?,20-,21?,26+,27-/m0/s1. The van der Waals surface area contributed by atoms with Gasteiger partial charge in [-0.1, -0.05) is 44.8 Å². The number of anilines is 1. The summed E-state index contributed by atoms with van der Waals surface area (Å²) >= 11 is 0. The maximum Gasteiger partial charge on any atom is 0.317 e. The van der Waals surface area contributed by atoms with Crippen LogP contribution in [-0.2, 0) is 16.0 Å². The van der Waals surface area contributed by atoms with E-state index in [1.807, 2.05) is 14.0 Å². The minimum Gasteiger partial charge on any atom is -0.338 e. The second kappa shape index (κ2) is 15.5. The van der Waals surface area contributed by atoms with Gasteiger partial charge in [-0.05, 0) is 61.0 Å². The number of benzene rings is 1. The Kier molecular flexibility index (Phi) is 11.7. The lowest BCUT2D eigenvalue weighted by Gasteiger charge is -2.36. The van der Waals surface area contributed by atoms with Gasteiger partial charge in [0.2, 0.25) is 11.8 Å². The highest BCUT2D eigenvalue weighted by molar-refractivity contribution is 6.01. The topological polar surface area (TPSA) is 153 Å². The molecule has 1 aliphatic heterocycles. The summed E-state index contributed by atoms with van der Waals surface area (Å²) in [5.74, 6) is -2.24. The van der Waals surface area contributed by atoms with E-state index in [4.69, 9.17) is 4.63 Å². The number of carbonyl (C=O) groups excluding carboxylic acids is 4. The van der Waals surface area contributed by atoms with Crippen LogP contribution < -0.4 is 16.0 Å². The highest BCUT2D eigenvalue weighted by Crippen LogP contribution is 2.32. The van der Waals surface area contributed by atoms with E-state index in [0.29, 0.717) is 49.8 Å². The minimum absolute atomic E-state index is 0.0241. The van der Waals surface area contributed by atoms with Gasteiger partial charge in [0.05, 0.1) is 5.69 Å². The molecule has 0 bridgehead atoms. The fourth-order valence-electron chi connectivity index (χ4n) is 6.04. The third-order valence-electron chi connectivity index (χ3n) is 9.25. The first kappa shape index (κ1) is 34.8. The van der Waals surface area contributed by atoms with Gasteiger partial charge in [0.1, 0.15) is 23.6 Å². The third-order valence-corrected chi connectivity index (χ3v) is 9.25. The first-order valence-electron chi connectivity index (χ1n) is 16.1. The van der Waals surface area contributed by atoms with Crippen LogP contribution in [0.1, 0.15) is 74.1 Å². The van der Waals surface area contributed by atoms with Crippen LogP contribution in [0.25, 0.3) is 0 Å². The van der Waals surface area contributed by atoms with Gasteiger partial charge in [0.25, 0.3) is 5.91 Å². The van der Waals surface area contributed by atoms with Crippen molar-refractivity contribution >= 4 is 29.4 Å². The van der Waals surface area contributed by atoms with Crippen molar-refractivity contribution in [1.29, 1.82) is 0 Å². The summed E-state index contributed by atoms with van der Waals surface area (Å²) in [6, 6.07) is 2.08. The molecule has 1 aromatic heterocycles. The molecule has 2 aliphatic rings. The van der Waals surface area contributed by atoms with E-state index in [2.05, 4.69) is 38.1 Å². The molecule has 3 atom stereocenters. The molecule has 1 aliphatic carbocycles. The van der Waals surface area contributed by atoms with Crippen LogP contribution in [-0.4, -0.2) is 108 Å². The van der Waals surface area contributed by atoms with Crippen molar-refractivity contribution in [2.75, 3.05) is 52.6 Å². The number of hydrogen-bond acceptors (Lipinski definition) is 8. The van der Waals surface area contributed by atoms with Gasteiger partial charge >= 0.3 is 6.03 Å². The summed E-state index contributed by atoms with van der Waals surface area (Å²) in [5.41, 5.74) is 0.840. The molecule has 2 heterocycles. The molecular weight excluding hydrogens is 595 g/mol. The van der Waals surface area contributed by atoms with Gasteiger partial charge in [-0.25, -0.2) is 13.8 Å². The van der Waals surface area contributed by atoms with E-state index in [-0.39, 0.29) is 23.2 Å². The molecule has 1 aromatic carbocycles. The number of rotatable bonds is 10. The summed E-state index contributed by atoms with van der Waals surface area (Å²) in [7, 11) is 5.16. The normalized spacial score (nSPS) is 20.7. The maximum absolute atomic E-state index is 15.6. The molecule has 14 heteroatoms. The maximum atomic E-state index is 15.6. The van der Waals surface area contributed by atoms with E-state index in [9.17, 15) is 19.2 Å². The van der Waals surface area contributed by atoms with Crippen molar-refractivity contribution in [3.8, 4) is 0 Å². The van der Waals surface area contributed by atoms with Crippen LogP contribution in [0, 0.1) is 17.7 Å². The van der Waals surface area contributed by atoms with Crippen LogP contribution in [0.15, 0.2) is 22.8 Å². The summed E-state index contributed by atoms with van der Waals surface area (Å²) in [6.45, 7) is 8.23. The largest absolute Gasteiger partial charge is 0.338 e. The minimum atomic E-state index is -0.925. The quantitative estimate of drug-likeness (QED) is 0.358. The van der Waals surface area contributed by atoms with Crippen LogP contribution in [0.4, 0.5) is 14.9 Å². The molecule has 2 aromatic rings. The highest BCUT2D eigenvalue weighted by Gasteiger charge is 2.36. The number of nitrogens with zero attached hydrogens (tertiary/aromatic N) is 5. The Bertz CT molecular complexity index is 1380. The first-order chi connectivity index (χ1) is 21.9. The van der Waals surface area contributed by atoms with Gasteiger partial charge in [-0.2, -0.15) is 0 Å². The zero-order valence-corrected chi connectivity index (χ0v) is 27.6. The molecule has 0 spiro atoms. The number of piperazine rings is 1. The third kappa shape index (κ3) is 8.39. The molecule has 2 fully saturated rings. The Labute approximate surface area is 269 Å². The number of hydrogen-bond donors (Lipinski definition) is 3. The molecule has 252 valence electrons. The molecule has 46 heavy (non-hydrogen) atoms. The van der Waals surface area contributed by atoms with Crippen LogP contribution in [0.2, 0.25) is 0 Å². The fraction of sp³-hybridized carbons (Fsp3) is 0.625. The van der Waals surface area contributed by atoms with E-state index in [0.717, 1.165) is 25.7 Å². The van der Waals surface area contributed by atoms with Gasteiger partial charge in [0, 0.05) is 46.2 Å². The zero-order valence-electron chi connectivity index (χ0n) is 27.6. The smallest absolute Gasteiger partial charge is 0.317 e. The lowest BCUT2D eigenvalue weighted by atomic mass is 9.79. The van der Waals surface area contributed by atoms with Crippen LogP contribution in [0.5, 0.6) is 0 Å². The number of aryl methyl sites for hydroxylation is 1. The second-order valence-corrected chi connectivity index (χ2v) is 12.9. The van der Waals surface area contributed by atoms with Crippen molar-refractivity contribution < 1.29 is 28.2 Å². The van der Waals surface area contributed by atoms with E-state index in [1.165, 1.54) is 17.0 Å². The molecule has 1 saturated heterocycles. The van der Waals surface area contributed by atoms with Crippen LogP contribution in [0.3, 0.4) is 0 Å². The Balaban J connectivity index is 1.53. The predicted molar refractivity (Wildman–Crippen MR) is 170 cm³/mol. The molecule has 1 saturated carbocycles. The molecule has 13 nitrogen and oxygen atoms in total. The van der Waals surface area contributed by atoms with Crippen molar-refractivity contribution in [1.82, 2.24) is 35.6 Å². The average molecular weight is 643 g/mol. The summed E-state index contributed by atoms with van der Waals surface area (Å²) in [4.78, 5) is 58.2. The van der Waals surface area contributed by atoms with Crippen molar-refractivity contribution in [2.24, 2.45) is 11.8 Å². The Morgan fingerprint density at radius 2 is 1.72 bits per heavy atom. The number of urea groups is 1. The number of halogens is 1. The Morgan fingerprint density at radius 3 is 2.33 bits per heavy atom. The summed E-state index contributed by atoms with van der Waals surface area (Å²) in [5, 5.41) is 15.8. The van der Waals surface area contributed by atoms with Gasteiger partial charge < -0.3 is 30.7 Å². The Morgan fingerprint density at radius 1 is 1.04 bits per heavy atom. The predicted octanol–water partition coefficient (Wildman–Crippen LogP) is 2.85. The summed E-state index contributed by atoms with van der Waals surface area (Å²) < 4.78 is 20.4. The fourth-order valence-corrected chi connectivity index (χ4v) is 6.04. The van der Waals surface area contributed by atoms with Crippen LogP contribution >= 0.6 is 0 Å². The van der Waals surface area contributed by atoms with Crippen molar-refractivity contribution in [3.63, 3.8) is 0 Å². The summed E-state index contributed by atoms with van der Waals surface area (Å²) in [6.07, 6.45) is 3.72. The molecule has 0 unspecified atom stereocenters. The molecule has 0 radical (unpaired) electrons. The van der Waals surface area contributed by atoms with E-state index < -0.39 is 41.7 Å². The lowest BCUT2D eigenvalue weighted by molar-refractivity contribution is -0.135. The van der Waals surface area contributed by atoms with Gasteiger partial charge in [0.15, 0.2) is 5.69 Å². The first-order valence-corrected chi connectivity index (χ1v) is 16.1. The number of aromatic nitrogens is 2. The van der Waals surface area contributed by atoms with E-state index >= 15 is 4.39 Å². The van der Waals surface area contributed by atoms with Gasteiger partial charge in [-0.3, -0.25) is 14.4 Å². The SMILES string of the molecule is CCc1nonc1C(=O)N[C@H](C(=O)Nc1ccc([C@H](C)[C@@H](NC(=O)N(C)C)C(=O)N2CCN(C)CC2)cc1F)C1CCC(C)CC1. The number of amides is 5. The second-order valence-electron chi connectivity index (χ2n) is 12.9. The number of nitrogens with one attached hydrogen (secondary N) is 3. The zero-order chi connectivity index (χ0) is 33.5. The van der Waals surface area contributed by atoms with Crippen molar-refractivity contribution in [2.45, 2.75) is 70.9 Å². The number of carbonyl (C=O) groups is 4. The Hall–Kier alpha value is -4.07. The average Bonchev–Trinajstić information content (AvgIpc) is 3.52. The molecule has 4 rings (SSSR count). The molecule has 5 amide bonds. The molecular formula is C32H47FN8O5. The highest BCUT2D eigenvalue weighted by atomic mass is 19.1. The molecule has 3 N–H and O–H groups in total.